The van der Waals surface area contributed by atoms with E-state index in [1.54, 1.807) is 4.57 Å². The second-order valence-corrected chi connectivity index (χ2v) is 8.98. The van der Waals surface area contributed by atoms with E-state index in [0.717, 1.165) is 33.5 Å². The van der Waals surface area contributed by atoms with Crippen LogP contribution in [0.5, 0.6) is 0 Å². The Morgan fingerprint density at radius 3 is 2.12 bits per heavy atom. The summed E-state index contributed by atoms with van der Waals surface area (Å²) in [6, 6.07) is 21.1. The van der Waals surface area contributed by atoms with Gasteiger partial charge in [0, 0.05) is 5.02 Å². The summed E-state index contributed by atoms with van der Waals surface area (Å²) >= 11 is 6.32. The Kier molecular flexibility index (Phi) is 4.54. The van der Waals surface area contributed by atoms with E-state index in [1.807, 2.05) is 86.0 Å². The van der Waals surface area contributed by atoms with Gasteiger partial charge in [0.2, 0.25) is 0 Å². The van der Waals surface area contributed by atoms with Crippen molar-refractivity contribution < 1.29 is 0 Å². The topological polar surface area (TPSA) is 65.6 Å². The molecule has 3 heterocycles. The van der Waals surface area contributed by atoms with Crippen LogP contribution in [-0.2, 0) is 0 Å². The summed E-state index contributed by atoms with van der Waals surface area (Å²) in [5.74, 6) is 0.582. The lowest BCUT2D eigenvalue weighted by atomic mass is 10.1. The molecule has 34 heavy (non-hydrogen) atoms. The molecule has 7 heteroatoms. The minimum absolute atomic E-state index is 0.178. The molecule has 6 nitrogen and oxygen atoms in total. The molecule has 3 aromatic heterocycles. The predicted molar refractivity (Wildman–Crippen MR) is 136 cm³/mol. The summed E-state index contributed by atoms with van der Waals surface area (Å²) in [6.45, 7) is 5.88. The van der Waals surface area contributed by atoms with Crippen molar-refractivity contribution in [1.82, 2.24) is 24.1 Å². The van der Waals surface area contributed by atoms with Crippen molar-refractivity contribution in [3.63, 3.8) is 0 Å². The van der Waals surface area contributed by atoms with Gasteiger partial charge in [0.25, 0.3) is 5.56 Å². The molecule has 166 valence electrons. The highest BCUT2D eigenvalue weighted by Crippen LogP contribution is 2.30. The fraction of sp³-hybridized carbons (Fsp3) is 0.111. The van der Waals surface area contributed by atoms with Crippen molar-refractivity contribution >= 4 is 44.8 Å². The summed E-state index contributed by atoms with van der Waals surface area (Å²) in [5, 5.41) is 1.01. The molecular formula is C27H20ClN5O. The van der Waals surface area contributed by atoms with Gasteiger partial charge in [-0.15, -0.1) is 0 Å². The number of halogens is 1. The van der Waals surface area contributed by atoms with Crippen LogP contribution in [-0.4, -0.2) is 24.1 Å². The van der Waals surface area contributed by atoms with Gasteiger partial charge in [-0.2, -0.15) is 0 Å². The van der Waals surface area contributed by atoms with Crippen LogP contribution in [0.2, 0.25) is 5.02 Å². The van der Waals surface area contributed by atoms with Gasteiger partial charge in [0.1, 0.15) is 16.7 Å². The molecule has 0 aliphatic heterocycles. The summed E-state index contributed by atoms with van der Waals surface area (Å²) in [4.78, 5) is 28.7. The number of aromatic nitrogens is 5. The first-order valence-electron chi connectivity index (χ1n) is 11.0. The van der Waals surface area contributed by atoms with Crippen LogP contribution in [0.25, 0.3) is 44.6 Å². The van der Waals surface area contributed by atoms with Crippen LogP contribution in [0.15, 0.2) is 71.5 Å². The first-order valence-corrected chi connectivity index (χ1v) is 11.3. The Morgan fingerprint density at radius 2 is 1.41 bits per heavy atom. The average molecular weight is 466 g/mol. The maximum absolute atomic E-state index is 14.0. The summed E-state index contributed by atoms with van der Waals surface area (Å²) in [5.41, 5.74) is 6.59. The van der Waals surface area contributed by atoms with Crippen molar-refractivity contribution in [3.05, 3.63) is 99.1 Å². The average Bonchev–Trinajstić information content (AvgIpc) is 3.09. The lowest BCUT2D eigenvalue weighted by Crippen LogP contribution is -2.22. The van der Waals surface area contributed by atoms with Crippen molar-refractivity contribution in [2.45, 2.75) is 20.8 Å². The molecule has 0 bridgehead atoms. The van der Waals surface area contributed by atoms with Crippen molar-refractivity contribution in [2.24, 2.45) is 0 Å². The van der Waals surface area contributed by atoms with Gasteiger partial charge in [-0.1, -0.05) is 35.9 Å². The van der Waals surface area contributed by atoms with E-state index < -0.39 is 0 Å². The van der Waals surface area contributed by atoms with Crippen molar-refractivity contribution in [1.29, 1.82) is 0 Å². The van der Waals surface area contributed by atoms with Gasteiger partial charge in [0.15, 0.2) is 11.3 Å². The quantitative estimate of drug-likeness (QED) is 0.321. The monoisotopic (exact) mass is 465 g/mol. The fourth-order valence-corrected chi connectivity index (χ4v) is 4.83. The Morgan fingerprint density at radius 1 is 0.706 bits per heavy atom. The zero-order valence-corrected chi connectivity index (χ0v) is 19.6. The fourth-order valence-electron chi connectivity index (χ4n) is 4.64. The smallest absolute Gasteiger partial charge is 0.269 e. The Bertz CT molecular complexity index is 1810. The minimum Gasteiger partial charge on any atom is -0.276 e. The molecule has 0 amide bonds. The van der Waals surface area contributed by atoms with E-state index >= 15 is 0 Å². The third kappa shape index (κ3) is 3.10. The zero-order chi connectivity index (χ0) is 23.6. The molecule has 0 radical (unpaired) electrons. The van der Waals surface area contributed by atoms with E-state index in [1.165, 1.54) is 0 Å². The van der Waals surface area contributed by atoms with E-state index in [-0.39, 0.29) is 5.56 Å². The molecule has 0 N–H and O–H groups in total. The van der Waals surface area contributed by atoms with E-state index in [0.29, 0.717) is 33.0 Å². The van der Waals surface area contributed by atoms with Gasteiger partial charge >= 0.3 is 0 Å². The molecule has 0 spiro atoms. The molecule has 0 fully saturated rings. The summed E-state index contributed by atoms with van der Waals surface area (Å²) < 4.78 is 3.52. The van der Waals surface area contributed by atoms with Crippen LogP contribution in [0.1, 0.15) is 17.0 Å². The van der Waals surface area contributed by atoms with Gasteiger partial charge in [-0.25, -0.2) is 15.0 Å². The highest BCUT2D eigenvalue weighted by Gasteiger charge is 2.23. The Hall–Kier alpha value is -4.03. The maximum atomic E-state index is 14.0. The third-order valence-corrected chi connectivity index (χ3v) is 6.21. The lowest BCUT2D eigenvalue weighted by molar-refractivity contribution is 0.884. The number of hydrogen-bond donors (Lipinski definition) is 0. The lowest BCUT2D eigenvalue weighted by Gasteiger charge is -2.12. The van der Waals surface area contributed by atoms with Crippen LogP contribution in [0, 0.1) is 20.8 Å². The minimum atomic E-state index is -0.178. The molecule has 0 atom stereocenters. The van der Waals surface area contributed by atoms with Crippen LogP contribution >= 0.6 is 11.6 Å². The molecule has 0 saturated carbocycles. The van der Waals surface area contributed by atoms with Crippen LogP contribution in [0.4, 0.5) is 0 Å². The summed E-state index contributed by atoms with van der Waals surface area (Å²) in [6.07, 6.45) is 0. The number of benzene rings is 3. The molecule has 6 aromatic rings. The molecular weight excluding hydrogens is 446 g/mol. The number of hydrogen-bond acceptors (Lipinski definition) is 4. The Balaban J connectivity index is 1.82. The molecule has 0 saturated heterocycles. The van der Waals surface area contributed by atoms with Gasteiger partial charge in [0.05, 0.1) is 22.4 Å². The second-order valence-electron chi connectivity index (χ2n) is 8.54. The SMILES string of the molecule is Cc1cc(C)cc(-n2c(C)nc3c(c2=O)c2nc4ccccc4nc2n3-c2cccc(Cl)c2)c1. The number of aryl methyl sites for hydroxylation is 3. The largest absolute Gasteiger partial charge is 0.276 e. The predicted octanol–water partition coefficient (Wildman–Crippen LogP) is 5.85. The molecule has 6 rings (SSSR count). The van der Waals surface area contributed by atoms with Crippen LogP contribution in [0.3, 0.4) is 0 Å². The number of rotatable bonds is 2. The van der Waals surface area contributed by atoms with E-state index in [9.17, 15) is 4.79 Å². The first kappa shape index (κ1) is 20.6. The molecule has 0 unspecified atom stereocenters. The van der Waals surface area contributed by atoms with Crippen LogP contribution < -0.4 is 5.56 Å². The van der Waals surface area contributed by atoms with Gasteiger partial charge < -0.3 is 0 Å². The first-order chi connectivity index (χ1) is 16.4. The molecule has 3 aromatic carbocycles. The van der Waals surface area contributed by atoms with Crippen molar-refractivity contribution in [2.75, 3.05) is 0 Å². The van der Waals surface area contributed by atoms with Gasteiger partial charge in [-0.05, 0) is 74.4 Å². The third-order valence-electron chi connectivity index (χ3n) is 5.98. The normalized spacial score (nSPS) is 11.6. The standard InChI is InChI=1S/C27H20ClN5O/c1-15-11-16(2)13-20(12-15)32-17(3)29-25-23(27(32)34)24-26(31-22-10-5-4-9-21(22)30-24)33(25)19-8-6-7-18(28)14-19/h4-14H,1-3H3. The number of para-hydroxylation sites is 2. The number of fused-ring (bicyclic) bond motifs is 4. The second kappa shape index (κ2) is 7.50. The van der Waals surface area contributed by atoms with E-state index in [2.05, 4.69) is 6.07 Å². The zero-order valence-electron chi connectivity index (χ0n) is 18.9. The highest BCUT2D eigenvalue weighted by molar-refractivity contribution is 6.30. The molecule has 0 aliphatic carbocycles. The Labute approximate surface area is 200 Å². The van der Waals surface area contributed by atoms with E-state index in [4.69, 9.17) is 26.6 Å². The number of nitrogens with zero attached hydrogens (tertiary/aromatic N) is 5. The highest BCUT2D eigenvalue weighted by atomic mass is 35.5. The molecule has 0 aliphatic rings. The summed E-state index contributed by atoms with van der Waals surface area (Å²) in [7, 11) is 0. The van der Waals surface area contributed by atoms with Gasteiger partial charge in [-0.3, -0.25) is 13.9 Å². The maximum Gasteiger partial charge on any atom is 0.269 e. The van der Waals surface area contributed by atoms with Crippen molar-refractivity contribution in [3.8, 4) is 11.4 Å².